The Labute approximate surface area is 212 Å². The van der Waals surface area contributed by atoms with Crippen LogP contribution in [-0.4, -0.2) is 51.2 Å². The van der Waals surface area contributed by atoms with E-state index in [0.29, 0.717) is 35.2 Å². The Morgan fingerprint density at radius 2 is 1.76 bits per heavy atom. The van der Waals surface area contributed by atoms with Gasteiger partial charge in [0.2, 0.25) is 15.9 Å². The molecule has 7 nitrogen and oxygen atoms in total. The zero-order chi connectivity index (χ0) is 24.9. The molecule has 10 heteroatoms. The van der Waals surface area contributed by atoms with Gasteiger partial charge in [0.05, 0.1) is 21.7 Å². The van der Waals surface area contributed by atoms with E-state index in [0.717, 1.165) is 37.1 Å². The SMILES string of the molecule is CC(CCN1CCC(NS(C)(=O)=O)CC1)(C(=O)NCc1ccc(N)cc1)c1ccc(Cl)c(Cl)c1. The van der Waals surface area contributed by atoms with E-state index in [4.69, 9.17) is 28.9 Å². The third-order valence-corrected chi connectivity index (χ3v) is 7.89. The fourth-order valence-electron chi connectivity index (χ4n) is 4.20. The van der Waals surface area contributed by atoms with Crippen molar-refractivity contribution in [3.63, 3.8) is 0 Å². The topological polar surface area (TPSA) is 105 Å². The van der Waals surface area contributed by atoms with Crippen LogP contribution in [0.4, 0.5) is 5.69 Å². The zero-order valence-corrected chi connectivity index (χ0v) is 21.8. The maximum atomic E-state index is 13.5. The summed E-state index contributed by atoms with van der Waals surface area (Å²) in [5.41, 5.74) is 7.35. The molecule has 3 rings (SSSR count). The van der Waals surface area contributed by atoms with Crippen molar-refractivity contribution in [2.45, 2.75) is 44.2 Å². The Kier molecular flexibility index (Phi) is 8.87. The van der Waals surface area contributed by atoms with Crippen molar-refractivity contribution in [1.29, 1.82) is 0 Å². The molecule has 0 saturated carbocycles. The van der Waals surface area contributed by atoms with Crippen LogP contribution in [0.5, 0.6) is 0 Å². The molecule has 0 spiro atoms. The van der Waals surface area contributed by atoms with E-state index < -0.39 is 15.4 Å². The van der Waals surface area contributed by atoms with Crippen LogP contribution < -0.4 is 15.8 Å². The normalized spacial score (nSPS) is 17.3. The lowest BCUT2D eigenvalue weighted by Crippen LogP contribution is -2.47. The molecule has 4 N–H and O–H groups in total. The molecule has 0 aliphatic carbocycles. The molecule has 2 aromatic carbocycles. The molecule has 1 aliphatic heterocycles. The second-order valence-electron chi connectivity index (χ2n) is 9.14. The van der Waals surface area contributed by atoms with Crippen LogP contribution in [0.25, 0.3) is 0 Å². The van der Waals surface area contributed by atoms with Crippen molar-refractivity contribution in [1.82, 2.24) is 14.9 Å². The van der Waals surface area contributed by atoms with E-state index in [2.05, 4.69) is 14.9 Å². The zero-order valence-electron chi connectivity index (χ0n) is 19.5. The van der Waals surface area contributed by atoms with Gasteiger partial charge in [0.25, 0.3) is 0 Å². The Balaban J connectivity index is 1.70. The average Bonchev–Trinajstić information content (AvgIpc) is 2.78. The number of rotatable bonds is 9. The van der Waals surface area contributed by atoms with E-state index in [1.165, 1.54) is 6.26 Å². The van der Waals surface area contributed by atoms with Crippen molar-refractivity contribution in [3.05, 3.63) is 63.6 Å². The first-order valence-electron chi connectivity index (χ1n) is 11.2. The Morgan fingerprint density at radius 3 is 2.35 bits per heavy atom. The van der Waals surface area contributed by atoms with Gasteiger partial charge in [0, 0.05) is 18.3 Å². The second-order valence-corrected chi connectivity index (χ2v) is 11.7. The average molecular weight is 528 g/mol. The molecule has 1 fully saturated rings. The van der Waals surface area contributed by atoms with Crippen LogP contribution in [0.1, 0.15) is 37.3 Å². The molecule has 0 bridgehead atoms. The summed E-state index contributed by atoms with van der Waals surface area (Å²) in [6.45, 7) is 4.52. The summed E-state index contributed by atoms with van der Waals surface area (Å²) < 4.78 is 25.7. The number of sulfonamides is 1. The summed E-state index contributed by atoms with van der Waals surface area (Å²) in [6.07, 6.45) is 3.23. The third kappa shape index (κ3) is 7.33. The highest BCUT2D eigenvalue weighted by Gasteiger charge is 2.36. The standard InChI is InChI=1S/C24H32Cl2N4O3S/c1-24(18-5-8-21(25)22(26)15-18,23(31)28-16-17-3-6-19(27)7-4-17)11-14-30-12-9-20(10-13-30)29-34(2,32)33/h3-8,15,20,29H,9-14,16,27H2,1-2H3,(H,28,31). The Morgan fingerprint density at radius 1 is 1.12 bits per heavy atom. The fourth-order valence-corrected chi connectivity index (χ4v) is 5.34. The molecule has 2 aromatic rings. The number of benzene rings is 2. The monoisotopic (exact) mass is 526 g/mol. The quantitative estimate of drug-likeness (QED) is 0.433. The van der Waals surface area contributed by atoms with Crippen molar-refractivity contribution >= 4 is 44.8 Å². The second kappa shape index (κ2) is 11.3. The van der Waals surface area contributed by atoms with Gasteiger partial charge in [0.15, 0.2) is 0 Å². The Bertz CT molecular complexity index is 1100. The number of piperidine rings is 1. The van der Waals surface area contributed by atoms with Gasteiger partial charge in [-0.2, -0.15) is 0 Å². The van der Waals surface area contributed by atoms with Gasteiger partial charge in [0.1, 0.15) is 0 Å². The molecule has 1 amide bonds. The highest BCUT2D eigenvalue weighted by atomic mass is 35.5. The lowest BCUT2D eigenvalue weighted by Gasteiger charge is -2.35. The minimum absolute atomic E-state index is 0.0455. The number of hydrogen-bond acceptors (Lipinski definition) is 5. The van der Waals surface area contributed by atoms with E-state index in [9.17, 15) is 13.2 Å². The molecule has 34 heavy (non-hydrogen) atoms. The largest absolute Gasteiger partial charge is 0.399 e. The third-order valence-electron chi connectivity index (χ3n) is 6.39. The van der Waals surface area contributed by atoms with Crippen molar-refractivity contribution < 1.29 is 13.2 Å². The van der Waals surface area contributed by atoms with E-state index in [1.807, 2.05) is 37.3 Å². The summed E-state index contributed by atoms with van der Waals surface area (Å²) in [7, 11) is -3.22. The summed E-state index contributed by atoms with van der Waals surface area (Å²) in [4.78, 5) is 15.7. The van der Waals surface area contributed by atoms with Gasteiger partial charge in [-0.1, -0.05) is 41.4 Å². The number of hydrogen-bond donors (Lipinski definition) is 3. The minimum Gasteiger partial charge on any atom is -0.399 e. The number of likely N-dealkylation sites (tertiary alicyclic amines) is 1. The molecule has 1 heterocycles. The number of carbonyl (C=O) groups excluding carboxylic acids is 1. The summed E-state index contributed by atoms with van der Waals surface area (Å²) in [6, 6.07) is 12.7. The molecule has 1 saturated heterocycles. The smallest absolute Gasteiger partial charge is 0.230 e. The lowest BCUT2D eigenvalue weighted by molar-refractivity contribution is -0.126. The summed E-state index contributed by atoms with van der Waals surface area (Å²) >= 11 is 12.4. The van der Waals surface area contributed by atoms with Crippen LogP contribution in [0.3, 0.4) is 0 Å². The molecule has 186 valence electrons. The Hall–Kier alpha value is -1.84. The van der Waals surface area contributed by atoms with Crippen LogP contribution in [0.15, 0.2) is 42.5 Å². The first kappa shape index (κ1) is 26.8. The van der Waals surface area contributed by atoms with E-state index in [1.54, 1.807) is 12.1 Å². The summed E-state index contributed by atoms with van der Waals surface area (Å²) in [5.74, 6) is -0.101. The van der Waals surface area contributed by atoms with E-state index >= 15 is 0 Å². The molecule has 0 radical (unpaired) electrons. The van der Waals surface area contributed by atoms with Gasteiger partial charge in [-0.05, 0) is 81.2 Å². The number of nitrogens with zero attached hydrogens (tertiary/aromatic N) is 1. The van der Waals surface area contributed by atoms with Crippen LogP contribution in [0, 0.1) is 0 Å². The molecule has 1 aliphatic rings. The highest BCUT2D eigenvalue weighted by molar-refractivity contribution is 7.88. The maximum absolute atomic E-state index is 13.5. The summed E-state index contributed by atoms with van der Waals surface area (Å²) in [5, 5.41) is 3.91. The number of amides is 1. The van der Waals surface area contributed by atoms with Gasteiger partial charge in [-0.3, -0.25) is 4.79 Å². The lowest BCUT2D eigenvalue weighted by atomic mass is 9.78. The number of nitrogen functional groups attached to an aromatic ring is 1. The number of nitrogens with one attached hydrogen (secondary N) is 2. The maximum Gasteiger partial charge on any atom is 0.230 e. The molecule has 1 unspecified atom stereocenters. The van der Waals surface area contributed by atoms with E-state index in [-0.39, 0.29) is 11.9 Å². The predicted molar refractivity (Wildman–Crippen MR) is 139 cm³/mol. The van der Waals surface area contributed by atoms with Crippen LogP contribution >= 0.6 is 23.2 Å². The molecule has 1 atom stereocenters. The van der Waals surface area contributed by atoms with Gasteiger partial charge in [-0.25, -0.2) is 13.1 Å². The highest BCUT2D eigenvalue weighted by Crippen LogP contribution is 2.33. The van der Waals surface area contributed by atoms with Crippen LogP contribution in [-0.2, 0) is 26.8 Å². The van der Waals surface area contributed by atoms with Crippen molar-refractivity contribution in [2.24, 2.45) is 0 Å². The molecule has 0 aromatic heterocycles. The minimum atomic E-state index is -3.22. The van der Waals surface area contributed by atoms with Gasteiger partial charge < -0.3 is 16.0 Å². The van der Waals surface area contributed by atoms with Gasteiger partial charge in [-0.15, -0.1) is 0 Å². The first-order chi connectivity index (χ1) is 16.0. The molecular formula is C24H32Cl2N4O3S. The number of nitrogens with two attached hydrogens (primary N) is 1. The van der Waals surface area contributed by atoms with Crippen molar-refractivity contribution in [2.75, 3.05) is 31.6 Å². The van der Waals surface area contributed by atoms with Crippen LogP contribution in [0.2, 0.25) is 10.0 Å². The first-order valence-corrected chi connectivity index (χ1v) is 13.9. The fraction of sp³-hybridized carbons (Fsp3) is 0.458. The number of halogens is 2. The van der Waals surface area contributed by atoms with Gasteiger partial charge >= 0.3 is 0 Å². The predicted octanol–water partition coefficient (Wildman–Crippen LogP) is 3.55. The number of anilines is 1. The van der Waals surface area contributed by atoms with Crippen molar-refractivity contribution in [3.8, 4) is 0 Å². The molecular weight excluding hydrogens is 495 g/mol. The number of carbonyl (C=O) groups is 1.